The third-order valence-electron chi connectivity index (χ3n) is 5.31. The molecule has 0 aromatic carbocycles. The second-order valence-electron chi connectivity index (χ2n) is 8.72. The van der Waals surface area contributed by atoms with Crippen molar-refractivity contribution >= 4 is 23.5 Å². The lowest BCUT2D eigenvalue weighted by molar-refractivity contribution is -0.125. The molecule has 1 aliphatic carbocycles. The average molecular weight is 443 g/mol. The van der Waals surface area contributed by atoms with Gasteiger partial charge in [-0.3, -0.25) is 9.59 Å². The van der Waals surface area contributed by atoms with Gasteiger partial charge in [0.15, 0.2) is 5.78 Å². The van der Waals surface area contributed by atoms with E-state index in [1.165, 1.54) is 19.4 Å². The summed E-state index contributed by atoms with van der Waals surface area (Å²) in [6.45, 7) is 17.8. The van der Waals surface area contributed by atoms with E-state index in [4.69, 9.17) is 5.73 Å². The van der Waals surface area contributed by atoms with Gasteiger partial charge in [0, 0.05) is 30.6 Å². The molecule has 1 aliphatic rings. The summed E-state index contributed by atoms with van der Waals surface area (Å²) < 4.78 is 0. The van der Waals surface area contributed by atoms with Crippen LogP contribution < -0.4 is 11.1 Å². The summed E-state index contributed by atoms with van der Waals surface area (Å²) in [4.78, 5) is 24.0. The largest absolute Gasteiger partial charge is 0.347 e. The van der Waals surface area contributed by atoms with Crippen LogP contribution in [0.1, 0.15) is 53.9 Å². The number of ketones is 1. The Kier molecular flexibility index (Phi) is 11.7. The highest BCUT2D eigenvalue weighted by Gasteiger charge is 2.20. The molecule has 0 aromatic heterocycles. The number of amides is 1. The summed E-state index contributed by atoms with van der Waals surface area (Å²) in [5.74, 6) is 7.89. The van der Waals surface area contributed by atoms with Crippen molar-refractivity contribution in [3.8, 4) is 11.8 Å². The normalized spacial score (nSPS) is 18.2. The molecule has 4 unspecified atom stereocenters. The van der Waals surface area contributed by atoms with Crippen molar-refractivity contribution in [3.63, 3.8) is 0 Å². The minimum absolute atomic E-state index is 0.0586. The van der Waals surface area contributed by atoms with Crippen LogP contribution in [-0.4, -0.2) is 29.5 Å². The second-order valence-corrected chi connectivity index (χ2v) is 9.87. The fourth-order valence-electron chi connectivity index (χ4n) is 3.23. The molecule has 3 N–H and O–H groups in total. The summed E-state index contributed by atoms with van der Waals surface area (Å²) in [7, 11) is 0. The van der Waals surface area contributed by atoms with Crippen LogP contribution in [0.15, 0.2) is 47.4 Å². The molecule has 0 spiro atoms. The number of hydrogen-bond donors (Lipinski definition) is 2. The zero-order chi connectivity index (χ0) is 23.6. The Balaban J connectivity index is 2.51. The molecule has 170 valence electrons. The molecule has 4 atom stereocenters. The van der Waals surface area contributed by atoms with Crippen LogP contribution in [0.3, 0.4) is 0 Å². The predicted molar refractivity (Wildman–Crippen MR) is 133 cm³/mol. The number of carbonyl (C=O) groups excluding carboxylic acids is 2. The van der Waals surface area contributed by atoms with E-state index in [1.54, 1.807) is 11.8 Å². The number of rotatable bonds is 13. The van der Waals surface area contributed by atoms with Gasteiger partial charge in [-0.15, -0.1) is 11.8 Å². The van der Waals surface area contributed by atoms with Crippen molar-refractivity contribution in [1.29, 1.82) is 0 Å². The average Bonchev–Trinajstić information content (AvgIpc) is 2.92. The van der Waals surface area contributed by atoms with Gasteiger partial charge in [-0.05, 0) is 48.7 Å². The van der Waals surface area contributed by atoms with Gasteiger partial charge in [0.05, 0.1) is 6.04 Å². The van der Waals surface area contributed by atoms with Crippen molar-refractivity contribution in [2.24, 2.45) is 23.5 Å². The summed E-state index contributed by atoms with van der Waals surface area (Å²) in [5.41, 5.74) is 8.46. The number of nitrogens with two attached hydrogens (primary N) is 1. The number of allylic oxidation sites excluding steroid dienone is 5. The molecule has 0 saturated carbocycles. The van der Waals surface area contributed by atoms with E-state index in [0.717, 1.165) is 16.9 Å². The fraction of sp³-hybridized carbons (Fsp3) is 0.538. The quantitative estimate of drug-likeness (QED) is 0.318. The van der Waals surface area contributed by atoms with Crippen molar-refractivity contribution in [3.05, 3.63) is 47.4 Å². The van der Waals surface area contributed by atoms with Gasteiger partial charge in [0.1, 0.15) is 0 Å². The van der Waals surface area contributed by atoms with Gasteiger partial charge < -0.3 is 11.1 Å². The van der Waals surface area contributed by atoms with Crippen molar-refractivity contribution in [2.75, 3.05) is 5.75 Å². The first-order valence-electron chi connectivity index (χ1n) is 10.9. The number of Topliss-reactive ketones (excluding diaryl/α,β-unsaturated/α-hetero) is 1. The molecule has 0 aliphatic heterocycles. The summed E-state index contributed by atoms with van der Waals surface area (Å²) in [5, 5.41) is 2.68. The highest BCUT2D eigenvalue weighted by molar-refractivity contribution is 8.03. The number of thioether (sulfide) groups is 1. The highest BCUT2D eigenvalue weighted by Crippen LogP contribution is 2.31. The first kappa shape index (κ1) is 27.0. The first-order chi connectivity index (χ1) is 14.5. The van der Waals surface area contributed by atoms with E-state index in [-0.39, 0.29) is 29.6 Å². The van der Waals surface area contributed by atoms with Crippen LogP contribution in [0.5, 0.6) is 0 Å². The molecule has 31 heavy (non-hydrogen) atoms. The molecular weight excluding hydrogens is 404 g/mol. The molecule has 0 aromatic rings. The molecule has 1 rings (SSSR count). The van der Waals surface area contributed by atoms with E-state index in [0.29, 0.717) is 24.5 Å². The molecule has 4 nitrogen and oxygen atoms in total. The predicted octanol–water partition coefficient (Wildman–Crippen LogP) is 4.79. The molecule has 5 heteroatoms. The zero-order valence-electron chi connectivity index (χ0n) is 19.7. The van der Waals surface area contributed by atoms with E-state index >= 15 is 0 Å². The third-order valence-corrected chi connectivity index (χ3v) is 6.58. The molecule has 0 heterocycles. The van der Waals surface area contributed by atoms with E-state index in [2.05, 4.69) is 63.2 Å². The molecular formula is C26H38N2O2S. The van der Waals surface area contributed by atoms with E-state index in [9.17, 15) is 9.59 Å². The smallest absolute Gasteiger partial charge is 0.217 e. The van der Waals surface area contributed by atoms with Crippen molar-refractivity contribution < 1.29 is 9.59 Å². The third kappa shape index (κ3) is 10.2. The van der Waals surface area contributed by atoms with Gasteiger partial charge in [-0.2, -0.15) is 0 Å². The lowest BCUT2D eigenvalue weighted by atomic mass is 9.93. The Bertz CT molecular complexity index is 798. The number of carbonyl (C=O) groups is 2. The summed E-state index contributed by atoms with van der Waals surface area (Å²) in [6.07, 6.45) is 8.53. The van der Waals surface area contributed by atoms with Crippen LogP contribution in [0, 0.1) is 29.6 Å². The minimum atomic E-state index is -0.487. The Labute approximate surface area is 192 Å². The lowest BCUT2D eigenvalue weighted by Gasteiger charge is -2.21. The monoisotopic (exact) mass is 442 g/mol. The van der Waals surface area contributed by atoms with Gasteiger partial charge >= 0.3 is 0 Å². The van der Waals surface area contributed by atoms with Crippen LogP contribution >= 0.6 is 11.8 Å². The van der Waals surface area contributed by atoms with Gasteiger partial charge in [0.2, 0.25) is 5.91 Å². The fourth-order valence-corrected chi connectivity index (χ4v) is 4.27. The maximum absolute atomic E-state index is 11.7. The Hall–Kier alpha value is -2.03. The molecule has 0 saturated heterocycles. The van der Waals surface area contributed by atoms with Gasteiger partial charge in [-0.25, -0.2) is 0 Å². The van der Waals surface area contributed by atoms with Crippen LogP contribution in [-0.2, 0) is 9.59 Å². The van der Waals surface area contributed by atoms with Crippen LogP contribution in [0.4, 0.5) is 0 Å². The second kappa shape index (κ2) is 13.4. The maximum atomic E-state index is 11.7. The van der Waals surface area contributed by atoms with Crippen molar-refractivity contribution in [2.45, 2.75) is 66.0 Å². The molecule has 1 amide bonds. The first-order valence-corrected chi connectivity index (χ1v) is 11.9. The minimum Gasteiger partial charge on any atom is -0.347 e. The zero-order valence-corrected chi connectivity index (χ0v) is 20.5. The topological polar surface area (TPSA) is 72.2 Å². The SMILES string of the molecule is C=C(CCC(NC(C)=O)C(C)=O)C(N)CSC(=C)C(C)C1C#CC=C(CC(C)C)C=C1. The van der Waals surface area contributed by atoms with Crippen molar-refractivity contribution in [1.82, 2.24) is 5.32 Å². The van der Waals surface area contributed by atoms with Crippen LogP contribution in [0.2, 0.25) is 0 Å². The van der Waals surface area contributed by atoms with E-state index < -0.39 is 6.04 Å². The lowest BCUT2D eigenvalue weighted by Crippen LogP contribution is -2.39. The Morgan fingerprint density at radius 1 is 1.26 bits per heavy atom. The van der Waals surface area contributed by atoms with Gasteiger partial charge in [-0.1, -0.05) is 63.5 Å². The highest BCUT2D eigenvalue weighted by atomic mass is 32.2. The number of nitrogens with one attached hydrogen (secondary N) is 1. The van der Waals surface area contributed by atoms with Gasteiger partial charge in [0.25, 0.3) is 0 Å². The molecule has 0 bridgehead atoms. The summed E-state index contributed by atoms with van der Waals surface area (Å²) >= 11 is 1.65. The van der Waals surface area contributed by atoms with E-state index in [1.807, 2.05) is 6.08 Å². The Morgan fingerprint density at radius 3 is 2.52 bits per heavy atom. The Morgan fingerprint density at radius 2 is 1.94 bits per heavy atom. The molecule has 0 fully saturated rings. The number of hydrogen-bond acceptors (Lipinski definition) is 4. The maximum Gasteiger partial charge on any atom is 0.217 e. The molecule has 0 radical (unpaired) electrons. The van der Waals surface area contributed by atoms with Crippen LogP contribution in [0.25, 0.3) is 0 Å². The summed E-state index contributed by atoms with van der Waals surface area (Å²) in [6, 6.07) is -0.687. The standard InChI is InChI=1S/C26H38N2O2S/c1-17(2)15-23-9-8-10-24(13-12-23)19(4)21(6)31-16-25(27)18(3)11-14-26(20(5)29)28-22(7)30/h9,12-13,17,19,24-26H,3,6,11,14-16,27H2,1-2,4-5,7H3,(H,28,30).